The Morgan fingerprint density at radius 3 is 2.29 bits per heavy atom. The molecule has 1 fully saturated rings. The number of halogens is 1. The first-order valence-corrected chi connectivity index (χ1v) is 8.24. The molecule has 0 radical (unpaired) electrons. The van der Waals surface area contributed by atoms with Gasteiger partial charge in [-0.25, -0.2) is 0 Å². The van der Waals surface area contributed by atoms with Gasteiger partial charge in [0.1, 0.15) is 5.41 Å². The lowest BCUT2D eigenvalue weighted by Crippen LogP contribution is -2.55. The van der Waals surface area contributed by atoms with E-state index in [2.05, 4.69) is 5.32 Å². The smallest absolute Gasteiger partial charge is 0.237 e. The average Bonchev–Trinajstić information content (AvgIpc) is 2.60. The van der Waals surface area contributed by atoms with Gasteiger partial charge >= 0.3 is 0 Å². The van der Waals surface area contributed by atoms with Crippen molar-refractivity contribution in [1.82, 2.24) is 15.1 Å². The summed E-state index contributed by atoms with van der Waals surface area (Å²) in [6.07, 6.45) is 0.784. The number of nitrogens with one attached hydrogen (secondary N) is 1. The average molecular weight is 352 g/mol. The van der Waals surface area contributed by atoms with E-state index in [4.69, 9.17) is 11.6 Å². The van der Waals surface area contributed by atoms with Gasteiger partial charge in [0, 0.05) is 37.7 Å². The molecule has 1 heterocycles. The van der Waals surface area contributed by atoms with Crippen LogP contribution in [0, 0.1) is 5.41 Å². The zero-order chi connectivity index (χ0) is 17.7. The van der Waals surface area contributed by atoms with Crippen molar-refractivity contribution in [1.29, 1.82) is 0 Å². The monoisotopic (exact) mass is 351 g/mol. The third kappa shape index (κ3) is 4.26. The van der Waals surface area contributed by atoms with Crippen LogP contribution >= 0.6 is 11.6 Å². The van der Waals surface area contributed by atoms with Gasteiger partial charge in [-0.3, -0.25) is 14.4 Å². The van der Waals surface area contributed by atoms with Crippen LogP contribution in [-0.4, -0.2) is 54.2 Å². The van der Waals surface area contributed by atoms with Crippen LogP contribution in [0.1, 0.15) is 19.4 Å². The number of rotatable bonds is 5. The fraction of sp³-hybridized carbons (Fsp3) is 0.471. The van der Waals surface area contributed by atoms with Gasteiger partial charge in [-0.1, -0.05) is 23.7 Å². The molecular formula is C17H22ClN3O3. The second-order valence-electron chi connectivity index (χ2n) is 6.37. The number of hydrogen-bond donors (Lipinski definition) is 1. The summed E-state index contributed by atoms with van der Waals surface area (Å²) >= 11 is 5.83. The molecule has 0 aliphatic carbocycles. The maximum Gasteiger partial charge on any atom is 0.237 e. The first kappa shape index (κ1) is 18.3. The molecule has 2 rings (SSSR count). The number of piperazine rings is 1. The van der Waals surface area contributed by atoms with Crippen LogP contribution in [0.2, 0.25) is 5.02 Å². The minimum Gasteiger partial charge on any atom is -0.351 e. The Bertz CT molecular complexity index is 608. The van der Waals surface area contributed by atoms with E-state index in [1.165, 1.54) is 0 Å². The third-order valence-corrected chi connectivity index (χ3v) is 4.47. The number of benzene rings is 1. The highest BCUT2D eigenvalue weighted by Gasteiger charge is 2.39. The van der Waals surface area contributed by atoms with Crippen LogP contribution in [0.3, 0.4) is 0 Å². The molecule has 0 unspecified atom stereocenters. The molecule has 0 aromatic heterocycles. The molecular weight excluding hydrogens is 330 g/mol. The molecule has 24 heavy (non-hydrogen) atoms. The Hall–Kier alpha value is -2.08. The van der Waals surface area contributed by atoms with Crippen molar-refractivity contribution in [2.45, 2.75) is 20.4 Å². The summed E-state index contributed by atoms with van der Waals surface area (Å²) in [5.74, 6) is -0.540. The maximum absolute atomic E-state index is 12.7. The van der Waals surface area contributed by atoms with Crippen LogP contribution in [0.15, 0.2) is 24.3 Å². The predicted molar refractivity (Wildman–Crippen MR) is 91.3 cm³/mol. The molecule has 1 aromatic rings. The molecule has 1 aliphatic rings. The highest BCUT2D eigenvalue weighted by atomic mass is 35.5. The summed E-state index contributed by atoms with van der Waals surface area (Å²) in [7, 11) is 0. The topological polar surface area (TPSA) is 69.7 Å². The van der Waals surface area contributed by atoms with E-state index in [1.54, 1.807) is 35.8 Å². The first-order valence-electron chi connectivity index (χ1n) is 7.86. The van der Waals surface area contributed by atoms with Gasteiger partial charge in [0.05, 0.1) is 0 Å². The Balaban J connectivity index is 1.92. The van der Waals surface area contributed by atoms with Gasteiger partial charge in [0.2, 0.25) is 18.2 Å². The summed E-state index contributed by atoms with van der Waals surface area (Å²) in [6, 6.07) is 7.17. The summed E-state index contributed by atoms with van der Waals surface area (Å²) in [5, 5.41) is 3.44. The standard InChI is InChI=1S/C17H22ClN3O3/c1-17(2,16(24)21-9-7-20(12-22)8-10-21)15(23)19-11-13-3-5-14(18)6-4-13/h3-6,12H,7-11H2,1-2H3,(H,19,23). The van der Waals surface area contributed by atoms with Gasteiger partial charge in [0.15, 0.2) is 0 Å². The maximum atomic E-state index is 12.7. The highest BCUT2D eigenvalue weighted by molar-refractivity contribution is 6.30. The molecule has 7 heteroatoms. The molecule has 1 N–H and O–H groups in total. The second kappa shape index (κ2) is 7.66. The molecule has 3 amide bonds. The lowest BCUT2D eigenvalue weighted by Gasteiger charge is -2.36. The van der Waals surface area contributed by atoms with Crippen molar-refractivity contribution >= 4 is 29.8 Å². The fourth-order valence-electron chi connectivity index (χ4n) is 2.53. The van der Waals surface area contributed by atoms with Crippen LogP contribution in [0.5, 0.6) is 0 Å². The largest absolute Gasteiger partial charge is 0.351 e. The number of carbonyl (C=O) groups is 3. The summed E-state index contributed by atoms with van der Waals surface area (Å²) in [6.45, 7) is 5.48. The molecule has 0 saturated carbocycles. The van der Waals surface area contributed by atoms with E-state index in [9.17, 15) is 14.4 Å². The lowest BCUT2D eigenvalue weighted by atomic mass is 9.90. The fourth-order valence-corrected chi connectivity index (χ4v) is 2.65. The van der Waals surface area contributed by atoms with E-state index >= 15 is 0 Å². The molecule has 1 aliphatic heterocycles. The van der Waals surface area contributed by atoms with E-state index in [0.717, 1.165) is 12.0 Å². The van der Waals surface area contributed by atoms with Crippen LogP contribution in [-0.2, 0) is 20.9 Å². The molecule has 1 saturated heterocycles. The van der Waals surface area contributed by atoms with E-state index in [-0.39, 0.29) is 11.8 Å². The normalized spacial score (nSPS) is 15.1. The summed E-state index contributed by atoms with van der Waals surface area (Å²) in [4.78, 5) is 39.1. The minimum absolute atomic E-state index is 0.221. The van der Waals surface area contributed by atoms with Crippen molar-refractivity contribution in [3.8, 4) is 0 Å². The van der Waals surface area contributed by atoms with Crippen molar-refractivity contribution in [3.63, 3.8) is 0 Å². The molecule has 1 aromatic carbocycles. The van der Waals surface area contributed by atoms with Crippen molar-refractivity contribution in [2.75, 3.05) is 26.2 Å². The zero-order valence-corrected chi connectivity index (χ0v) is 14.7. The molecule has 0 atom stereocenters. The number of carbonyl (C=O) groups excluding carboxylic acids is 3. The Morgan fingerprint density at radius 1 is 1.17 bits per heavy atom. The molecule has 0 spiro atoms. The third-order valence-electron chi connectivity index (χ3n) is 4.22. The van der Waals surface area contributed by atoms with E-state index in [1.807, 2.05) is 12.1 Å². The Kier molecular flexibility index (Phi) is 5.83. The Labute approximate surface area is 146 Å². The number of amides is 3. The quantitative estimate of drug-likeness (QED) is 0.642. The van der Waals surface area contributed by atoms with E-state index in [0.29, 0.717) is 37.7 Å². The van der Waals surface area contributed by atoms with Gasteiger partial charge in [-0.15, -0.1) is 0 Å². The SMILES string of the molecule is CC(C)(C(=O)NCc1ccc(Cl)cc1)C(=O)N1CCN(C=O)CC1. The summed E-state index contributed by atoms with van der Waals surface area (Å²) < 4.78 is 0. The van der Waals surface area contributed by atoms with Gasteiger partial charge in [-0.2, -0.15) is 0 Å². The van der Waals surface area contributed by atoms with Crippen molar-refractivity contribution in [2.24, 2.45) is 5.41 Å². The lowest BCUT2D eigenvalue weighted by molar-refractivity contribution is -0.150. The van der Waals surface area contributed by atoms with Crippen molar-refractivity contribution in [3.05, 3.63) is 34.9 Å². The molecule has 130 valence electrons. The van der Waals surface area contributed by atoms with Gasteiger partial charge in [0.25, 0.3) is 0 Å². The predicted octanol–water partition coefficient (Wildman–Crippen LogP) is 1.28. The minimum atomic E-state index is -1.16. The van der Waals surface area contributed by atoms with Crippen LogP contribution in [0.4, 0.5) is 0 Å². The molecule has 0 bridgehead atoms. The van der Waals surface area contributed by atoms with Gasteiger partial charge < -0.3 is 15.1 Å². The van der Waals surface area contributed by atoms with E-state index < -0.39 is 5.41 Å². The van der Waals surface area contributed by atoms with Gasteiger partial charge in [-0.05, 0) is 31.5 Å². The van der Waals surface area contributed by atoms with Crippen LogP contribution < -0.4 is 5.32 Å². The Morgan fingerprint density at radius 2 is 1.75 bits per heavy atom. The van der Waals surface area contributed by atoms with Crippen molar-refractivity contribution < 1.29 is 14.4 Å². The number of nitrogens with zero attached hydrogens (tertiary/aromatic N) is 2. The first-order chi connectivity index (χ1) is 11.3. The second-order valence-corrected chi connectivity index (χ2v) is 6.80. The molecule has 6 nitrogen and oxygen atoms in total. The highest BCUT2D eigenvalue weighted by Crippen LogP contribution is 2.21. The zero-order valence-electron chi connectivity index (χ0n) is 13.9. The number of hydrogen-bond acceptors (Lipinski definition) is 3. The summed E-state index contributed by atoms with van der Waals surface area (Å²) in [5.41, 5.74) is -0.244. The van der Waals surface area contributed by atoms with Crippen LogP contribution in [0.25, 0.3) is 0 Å².